The number of hydrogen-bond donors (Lipinski definition) is 1. The van der Waals surface area contributed by atoms with Crippen molar-refractivity contribution >= 4 is 29.3 Å². The summed E-state index contributed by atoms with van der Waals surface area (Å²) in [5, 5.41) is 0. The number of carbonyl (C=O) groups is 2. The minimum absolute atomic E-state index is 0.0757. The summed E-state index contributed by atoms with van der Waals surface area (Å²) in [6, 6.07) is 5.53. The van der Waals surface area contributed by atoms with Crippen LogP contribution in [-0.2, 0) is 15.9 Å². The normalized spacial score (nSPS) is 15.8. The molecule has 0 aliphatic heterocycles. The summed E-state index contributed by atoms with van der Waals surface area (Å²) >= 11 is 1.21. The van der Waals surface area contributed by atoms with Crippen molar-refractivity contribution in [3.8, 4) is 10.4 Å². The molecule has 0 spiro atoms. The number of nitrogen functional groups attached to an aromatic ring is 1. The highest BCUT2D eigenvalue weighted by Crippen LogP contribution is 2.43. The predicted molar refractivity (Wildman–Crippen MR) is 108 cm³/mol. The number of benzene rings is 1. The molecular weight excluding hydrogens is 378 g/mol. The Kier molecular flexibility index (Phi) is 5.34. The molecule has 8 heteroatoms. The van der Waals surface area contributed by atoms with Crippen LogP contribution in [0.15, 0.2) is 18.2 Å². The summed E-state index contributed by atoms with van der Waals surface area (Å²) in [5.74, 6) is -0.471. The Morgan fingerprint density at radius 1 is 1.32 bits per heavy atom. The van der Waals surface area contributed by atoms with Gasteiger partial charge >= 0.3 is 12.1 Å². The Labute approximate surface area is 168 Å². The number of rotatable bonds is 3. The number of methoxy groups -OCH3 is 1. The second kappa shape index (κ2) is 7.43. The van der Waals surface area contributed by atoms with Crippen molar-refractivity contribution in [2.45, 2.75) is 45.3 Å². The number of esters is 1. The van der Waals surface area contributed by atoms with E-state index in [2.05, 4.69) is 4.37 Å². The number of anilines is 1. The zero-order valence-electron chi connectivity index (χ0n) is 16.7. The Bertz CT molecular complexity index is 917. The number of nitrogens with two attached hydrogens (primary N) is 1. The molecule has 150 valence electrons. The number of fused-ring (bicyclic) bond motifs is 1. The van der Waals surface area contributed by atoms with E-state index in [9.17, 15) is 9.59 Å². The molecule has 2 aromatic rings. The Morgan fingerprint density at radius 2 is 2.04 bits per heavy atom. The number of hydrogen-bond acceptors (Lipinski definition) is 7. The van der Waals surface area contributed by atoms with Crippen LogP contribution in [0.1, 0.15) is 54.8 Å². The van der Waals surface area contributed by atoms with Crippen LogP contribution in [0.5, 0.6) is 0 Å². The molecule has 3 rings (SSSR count). The first-order chi connectivity index (χ1) is 13.1. The minimum atomic E-state index is -0.542. The van der Waals surface area contributed by atoms with Gasteiger partial charge < -0.3 is 20.1 Å². The minimum Gasteiger partial charge on any atom is -0.464 e. The molecule has 1 unspecified atom stereocenters. The van der Waals surface area contributed by atoms with E-state index in [1.54, 1.807) is 18.0 Å². The van der Waals surface area contributed by atoms with Crippen LogP contribution in [0.4, 0.5) is 10.5 Å². The van der Waals surface area contributed by atoms with Crippen molar-refractivity contribution in [1.29, 1.82) is 0 Å². The number of ether oxygens (including phenoxy) is 2. The highest BCUT2D eigenvalue weighted by molar-refractivity contribution is 7.09. The first-order valence-electron chi connectivity index (χ1n) is 9.05. The van der Waals surface area contributed by atoms with Crippen LogP contribution in [0, 0.1) is 0 Å². The van der Waals surface area contributed by atoms with Gasteiger partial charge in [-0.1, -0.05) is 12.1 Å². The molecule has 1 aliphatic carbocycles. The van der Waals surface area contributed by atoms with Crippen molar-refractivity contribution in [1.82, 2.24) is 9.27 Å². The third-order valence-corrected chi connectivity index (χ3v) is 5.56. The van der Waals surface area contributed by atoms with E-state index in [0.717, 1.165) is 34.4 Å². The van der Waals surface area contributed by atoms with Crippen LogP contribution in [-0.4, -0.2) is 41.1 Å². The van der Waals surface area contributed by atoms with Crippen molar-refractivity contribution in [2.75, 3.05) is 19.9 Å². The SMILES string of the molecule is COC(=O)c1cc(-c2ccc3c(c2N)CCC3N(C)C(=O)OC(C)(C)C)sn1. The van der Waals surface area contributed by atoms with Gasteiger partial charge in [0.25, 0.3) is 0 Å². The zero-order chi connectivity index (χ0) is 20.6. The Balaban J connectivity index is 1.88. The predicted octanol–water partition coefficient (Wildman–Crippen LogP) is 4.03. The largest absolute Gasteiger partial charge is 0.464 e. The molecule has 1 aromatic carbocycles. The lowest BCUT2D eigenvalue weighted by Gasteiger charge is -2.29. The van der Waals surface area contributed by atoms with Crippen LogP contribution in [0.3, 0.4) is 0 Å². The lowest BCUT2D eigenvalue weighted by molar-refractivity contribution is 0.0220. The van der Waals surface area contributed by atoms with E-state index in [4.69, 9.17) is 15.2 Å². The fourth-order valence-corrected chi connectivity index (χ4v) is 4.16. The molecular formula is C20H25N3O4S. The molecule has 1 atom stereocenters. The summed E-state index contributed by atoms with van der Waals surface area (Å²) in [6.07, 6.45) is 1.21. The van der Waals surface area contributed by atoms with Gasteiger partial charge in [0.2, 0.25) is 0 Å². The number of carbonyl (C=O) groups excluding carboxylic acids is 2. The lowest BCUT2D eigenvalue weighted by Crippen LogP contribution is -2.36. The van der Waals surface area contributed by atoms with E-state index in [-0.39, 0.29) is 17.8 Å². The van der Waals surface area contributed by atoms with Crippen LogP contribution in [0.2, 0.25) is 0 Å². The van der Waals surface area contributed by atoms with Gasteiger partial charge in [-0.3, -0.25) is 0 Å². The second-order valence-electron chi connectivity index (χ2n) is 7.81. The van der Waals surface area contributed by atoms with Crippen LogP contribution < -0.4 is 5.73 Å². The van der Waals surface area contributed by atoms with E-state index in [1.165, 1.54) is 18.6 Å². The smallest absolute Gasteiger partial charge is 0.410 e. The van der Waals surface area contributed by atoms with E-state index < -0.39 is 11.6 Å². The first-order valence-corrected chi connectivity index (χ1v) is 9.82. The van der Waals surface area contributed by atoms with Crippen molar-refractivity contribution in [3.63, 3.8) is 0 Å². The van der Waals surface area contributed by atoms with E-state index in [1.807, 2.05) is 32.9 Å². The summed E-state index contributed by atoms with van der Waals surface area (Å²) in [4.78, 5) is 26.5. The first kappa shape index (κ1) is 20.1. The maximum Gasteiger partial charge on any atom is 0.410 e. The standard InChI is InChI=1S/C20H25N3O4S/c1-20(2,3)27-19(25)23(4)15-9-8-12-11(15)6-7-13(17(12)21)16-10-14(22-28-16)18(24)26-5/h6-7,10,15H,8-9,21H2,1-5H3. The van der Waals surface area contributed by atoms with Gasteiger partial charge in [-0.15, -0.1) is 0 Å². The summed E-state index contributed by atoms with van der Waals surface area (Å²) in [5.41, 5.74) is 9.75. The summed E-state index contributed by atoms with van der Waals surface area (Å²) in [6.45, 7) is 5.55. The molecule has 0 saturated carbocycles. The molecule has 2 N–H and O–H groups in total. The van der Waals surface area contributed by atoms with Gasteiger partial charge in [-0.25, -0.2) is 9.59 Å². The number of amides is 1. The van der Waals surface area contributed by atoms with Gasteiger partial charge in [-0.2, -0.15) is 4.37 Å². The second-order valence-corrected chi connectivity index (χ2v) is 8.61. The quantitative estimate of drug-likeness (QED) is 0.614. The molecule has 0 bridgehead atoms. The third kappa shape index (κ3) is 3.82. The monoisotopic (exact) mass is 403 g/mol. The lowest BCUT2D eigenvalue weighted by atomic mass is 10.0. The molecule has 0 fully saturated rings. The average Bonchev–Trinajstić information content (AvgIpc) is 3.26. The zero-order valence-corrected chi connectivity index (χ0v) is 17.6. The molecule has 0 saturated heterocycles. The third-order valence-electron chi connectivity index (χ3n) is 4.74. The van der Waals surface area contributed by atoms with Crippen LogP contribution in [0.25, 0.3) is 10.4 Å². The molecule has 28 heavy (non-hydrogen) atoms. The maximum absolute atomic E-state index is 12.4. The molecule has 1 amide bonds. The number of aromatic nitrogens is 1. The maximum atomic E-state index is 12.4. The van der Waals surface area contributed by atoms with Gasteiger partial charge in [0.05, 0.1) is 18.0 Å². The van der Waals surface area contributed by atoms with Crippen molar-refractivity contribution in [3.05, 3.63) is 35.0 Å². The van der Waals surface area contributed by atoms with Crippen molar-refractivity contribution < 1.29 is 19.1 Å². The molecule has 7 nitrogen and oxygen atoms in total. The topological polar surface area (TPSA) is 94.8 Å². The van der Waals surface area contributed by atoms with Gasteiger partial charge in [0.1, 0.15) is 5.60 Å². The van der Waals surface area contributed by atoms with Crippen LogP contribution >= 0.6 is 11.5 Å². The van der Waals surface area contributed by atoms with Gasteiger partial charge in [-0.05, 0) is 62.3 Å². The van der Waals surface area contributed by atoms with E-state index in [0.29, 0.717) is 5.69 Å². The fourth-order valence-electron chi connectivity index (χ4n) is 3.39. The molecule has 1 aromatic heterocycles. The Hall–Kier alpha value is -2.61. The number of nitrogens with zero attached hydrogens (tertiary/aromatic N) is 2. The van der Waals surface area contributed by atoms with E-state index >= 15 is 0 Å². The van der Waals surface area contributed by atoms with Gasteiger partial charge in [0.15, 0.2) is 5.69 Å². The molecule has 0 radical (unpaired) electrons. The Morgan fingerprint density at radius 3 is 2.68 bits per heavy atom. The molecule has 1 aliphatic rings. The fraction of sp³-hybridized carbons (Fsp3) is 0.450. The molecule has 1 heterocycles. The van der Waals surface area contributed by atoms with Gasteiger partial charge in [0, 0.05) is 18.3 Å². The average molecular weight is 404 g/mol. The summed E-state index contributed by atoms with van der Waals surface area (Å²) < 4.78 is 14.3. The highest BCUT2D eigenvalue weighted by Gasteiger charge is 2.33. The highest BCUT2D eigenvalue weighted by atomic mass is 32.1. The van der Waals surface area contributed by atoms with Crippen molar-refractivity contribution in [2.24, 2.45) is 0 Å². The summed E-state index contributed by atoms with van der Waals surface area (Å²) in [7, 11) is 3.08.